The van der Waals surface area contributed by atoms with E-state index < -0.39 is 0 Å². The van der Waals surface area contributed by atoms with Crippen LogP contribution in [0.2, 0.25) is 0 Å². The van der Waals surface area contributed by atoms with Crippen LogP contribution in [0.5, 0.6) is 0 Å². The second-order valence-electron chi connectivity index (χ2n) is 0.289. The second-order valence-corrected chi connectivity index (χ2v) is 0.289. The first-order valence-electron chi connectivity index (χ1n) is 0.816. The van der Waals surface area contributed by atoms with Crippen molar-refractivity contribution < 1.29 is 16.8 Å². The number of hydrogen-bond donors (Lipinski definition) is 0. The number of hydrogen-bond acceptors (Lipinski definition) is 0. The van der Waals surface area contributed by atoms with Gasteiger partial charge in [-0.05, 0) is 0 Å². The van der Waals surface area contributed by atoms with Crippen molar-refractivity contribution in [2.75, 3.05) is 0 Å². The first kappa shape index (κ1) is 8.93. The molecule has 4 heavy (non-hydrogen) atoms. The molecule has 1 radical (unpaired) electrons. The van der Waals surface area contributed by atoms with Gasteiger partial charge in [0.2, 0.25) is 0 Å². The maximum absolute atomic E-state index is 3.25. The molecule has 0 bridgehead atoms. The molecule has 0 heterocycles. The van der Waals surface area contributed by atoms with Gasteiger partial charge in [-0.1, -0.05) is 0 Å². The second kappa shape index (κ2) is 11.2. The summed E-state index contributed by atoms with van der Waals surface area (Å²) in [5, 5.41) is 0. The Bertz CT molecular complexity index is 10.8. The normalized spacial score (nSPS) is 3.00. The van der Waals surface area contributed by atoms with Gasteiger partial charge in [-0.25, -0.2) is 19.6 Å². The smallest absolute Gasteiger partial charge is 0 e. The Balaban J connectivity index is 0. The summed E-state index contributed by atoms with van der Waals surface area (Å²) in [5.41, 5.74) is 0. The van der Waals surface area contributed by atoms with E-state index in [-0.39, 0.29) is 16.8 Å². The predicted octanol–water partition coefficient (Wildman–Crippen LogP) is 1.00. The SMILES string of the molecule is C=C[CH2-].[Co]. The number of rotatable bonds is 0. The van der Waals surface area contributed by atoms with E-state index in [9.17, 15) is 0 Å². The minimum absolute atomic E-state index is 0. The maximum atomic E-state index is 3.25. The summed E-state index contributed by atoms with van der Waals surface area (Å²) in [6.45, 7) is 6.50. The minimum atomic E-state index is 0. The third kappa shape index (κ3) is 194. The summed E-state index contributed by atoms with van der Waals surface area (Å²) >= 11 is 0. The summed E-state index contributed by atoms with van der Waals surface area (Å²) in [7, 11) is 0. The van der Waals surface area contributed by atoms with Gasteiger partial charge in [0.15, 0.2) is 0 Å². The Labute approximate surface area is 37.1 Å². The van der Waals surface area contributed by atoms with Gasteiger partial charge in [0.25, 0.3) is 0 Å². The Morgan fingerprint density at radius 2 is 1.75 bits per heavy atom. The van der Waals surface area contributed by atoms with Gasteiger partial charge < -0.3 is 0 Å². The van der Waals surface area contributed by atoms with Gasteiger partial charge in [-0.15, -0.1) is 0 Å². The largest absolute Gasteiger partial charge is 0.245 e. The molecule has 0 unspecified atom stereocenters. The van der Waals surface area contributed by atoms with Crippen LogP contribution in [0, 0.1) is 6.92 Å². The van der Waals surface area contributed by atoms with Crippen LogP contribution in [0.1, 0.15) is 0 Å². The van der Waals surface area contributed by atoms with Gasteiger partial charge in [0.05, 0.1) is 0 Å². The molecule has 1 heteroatoms. The molecule has 27 valence electrons. The van der Waals surface area contributed by atoms with Crippen molar-refractivity contribution in [2.24, 2.45) is 0 Å². The summed E-state index contributed by atoms with van der Waals surface area (Å²) in [6.07, 6.45) is 1.50. The Hall–Kier alpha value is 0.116. The van der Waals surface area contributed by atoms with E-state index in [1.165, 1.54) is 6.08 Å². The van der Waals surface area contributed by atoms with Crippen molar-refractivity contribution in [1.82, 2.24) is 0 Å². The standard InChI is InChI=1S/C3H5.Co/c1-3-2;/h3H,1-2H2;/q-1;. The van der Waals surface area contributed by atoms with Crippen LogP contribution in [-0.2, 0) is 16.8 Å². The van der Waals surface area contributed by atoms with E-state index >= 15 is 0 Å². The molecule has 0 aromatic carbocycles. The molecule has 0 aliphatic carbocycles. The molecule has 0 aliphatic heterocycles. The first-order valence-corrected chi connectivity index (χ1v) is 0.816. The van der Waals surface area contributed by atoms with E-state index in [0.717, 1.165) is 0 Å². The molecule has 0 amide bonds. The average molecular weight is 100 g/mol. The van der Waals surface area contributed by atoms with Crippen molar-refractivity contribution >= 4 is 0 Å². The predicted molar refractivity (Wildman–Crippen MR) is 15.6 cm³/mol. The van der Waals surface area contributed by atoms with Crippen molar-refractivity contribution in [1.29, 1.82) is 0 Å². The zero-order valence-corrected chi connectivity index (χ0v) is 3.37. The molecular weight excluding hydrogens is 95.0 g/mol. The molecule has 0 saturated heterocycles. The van der Waals surface area contributed by atoms with E-state index in [1.807, 2.05) is 0 Å². The Kier molecular flexibility index (Phi) is 25.0. The molecule has 0 aromatic rings. The zero-order valence-electron chi connectivity index (χ0n) is 2.32. The van der Waals surface area contributed by atoms with E-state index in [1.54, 1.807) is 0 Å². The average Bonchev–Trinajstić information content (AvgIpc) is 0.918. The molecule has 0 spiro atoms. The van der Waals surface area contributed by atoms with Gasteiger partial charge >= 0.3 is 0 Å². The molecule has 0 rings (SSSR count). The fourth-order valence-electron chi connectivity index (χ4n) is 0. The van der Waals surface area contributed by atoms with Crippen LogP contribution in [-0.4, -0.2) is 0 Å². The monoisotopic (exact) mass is 100.0 g/mol. The van der Waals surface area contributed by atoms with Gasteiger partial charge in [0, 0.05) is 16.8 Å². The first-order chi connectivity index (χ1) is 1.41. The topological polar surface area (TPSA) is 0 Å². The van der Waals surface area contributed by atoms with Crippen LogP contribution >= 0.6 is 0 Å². The fraction of sp³-hybridized carbons (Fsp3) is 0. The maximum Gasteiger partial charge on any atom is 0 e. The number of allylic oxidation sites excluding steroid dienone is 1. The van der Waals surface area contributed by atoms with Gasteiger partial charge in [-0.3, -0.25) is 0 Å². The van der Waals surface area contributed by atoms with Crippen LogP contribution in [0.3, 0.4) is 0 Å². The van der Waals surface area contributed by atoms with Crippen LogP contribution in [0.25, 0.3) is 0 Å². The van der Waals surface area contributed by atoms with Crippen molar-refractivity contribution in [2.45, 2.75) is 0 Å². The van der Waals surface area contributed by atoms with Crippen molar-refractivity contribution in [3.8, 4) is 0 Å². The van der Waals surface area contributed by atoms with E-state index in [4.69, 9.17) is 0 Å². The van der Waals surface area contributed by atoms with Crippen LogP contribution in [0.15, 0.2) is 12.7 Å². The van der Waals surface area contributed by atoms with Crippen LogP contribution < -0.4 is 0 Å². The van der Waals surface area contributed by atoms with E-state index in [2.05, 4.69) is 13.5 Å². The van der Waals surface area contributed by atoms with Crippen molar-refractivity contribution in [3.05, 3.63) is 19.6 Å². The summed E-state index contributed by atoms with van der Waals surface area (Å²) in [6, 6.07) is 0. The third-order valence-electron chi connectivity index (χ3n) is 0. The van der Waals surface area contributed by atoms with Crippen molar-refractivity contribution in [3.63, 3.8) is 0 Å². The molecular formula is C3H5Co-. The Morgan fingerprint density at radius 3 is 1.75 bits per heavy atom. The molecule has 0 fully saturated rings. The molecule has 0 aromatic heterocycles. The molecule has 0 N–H and O–H groups in total. The molecule has 0 saturated carbocycles. The quantitative estimate of drug-likeness (QED) is 0.398. The van der Waals surface area contributed by atoms with Crippen LogP contribution in [0.4, 0.5) is 0 Å². The van der Waals surface area contributed by atoms with Gasteiger partial charge in [-0.2, -0.15) is 0 Å². The molecule has 0 nitrogen and oxygen atoms in total. The summed E-state index contributed by atoms with van der Waals surface area (Å²) < 4.78 is 0. The third-order valence-corrected chi connectivity index (χ3v) is 0. The zero-order chi connectivity index (χ0) is 2.71. The molecule has 0 aliphatic rings. The molecule has 0 atom stereocenters. The minimum Gasteiger partial charge on any atom is -0.245 e. The summed E-state index contributed by atoms with van der Waals surface area (Å²) in [4.78, 5) is 0. The van der Waals surface area contributed by atoms with E-state index in [0.29, 0.717) is 0 Å². The fourth-order valence-corrected chi connectivity index (χ4v) is 0. The van der Waals surface area contributed by atoms with Gasteiger partial charge in [0.1, 0.15) is 0 Å². The summed E-state index contributed by atoms with van der Waals surface area (Å²) in [5.74, 6) is 0. The Morgan fingerprint density at radius 1 is 1.75 bits per heavy atom.